The van der Waals surface area contributed by atoms with Crippen LogP contribution in [0.2, 0.25) is 0 Å². The van der Waals surface area contributed by atoms with Gasteiger partial charge in [0.2, 0.25) is 0 Å². The highest BCUT2D eigenvalue weighted by Crippen LogP contribution is 2.14. The van der Waals surface area contributed by atoms with Crippen LogP contribution in [0.4, 0.5) is 0 Å². The molecule has 1 aromatic rings. The molecule has 0 aromatic heterocycles. The molecule has 0 heterocycles. The second-order valence-electron chi connectivity index (χ2n) is 4.29. The Morgan fingerprint density at radius 3 is 1.48 bits per heavy atom. The van der Waals surface area contributed by atoms with Crippen molar-refractivity contribution in [3.05, 3.63) is 60.2 Å². The Kier molecular flexibility index (Phi) is 7.26. The predicted octanol–water partition coefficient (Wildman–Crippen LogP) is 2.55. The Balaban J connectivity index is 3.18. The van der Waals surface area contributed by atoms with Crippen molar-refractivity contribution >= 4 is 17.9 Å². The summed E-state index contributed by atoms with van der Waals surface area (Å²) in [6.07, 6.45) is 2.82. The summed E-state index contributed by atoms with van der Waals surface area (Å²) in [5.41, 5.74) is 0.149. The minimum absolute atomic E-state index is 0.0126. The summed E-state index contributed by atoms with van der Waals surface area (Å²) in [7, 11) is 0. The summed E-state index contributed by atoms with van der Waals surface area (Å²) < 4.78 is 14.7. The molecule has 0 aliphatic carbocycles. The van der Waals surface area contributed by atoms with Crippen LogP contribution in [0.3, 0.4) is 0 Å². The summed E-state index contributed by atoms with van der Waals surface area (Å²) in [5.74, 6) is -2.02. The molecule has 122 valence electrons. The van der Waals surface area contributed by atoms with E-state index in [1.165, 1.54) is 30.4 Å². The van der Waals surface area contributed by atoms with E-state index in [0.717, 1.165) is 0 Å². The molecule has 6 nitrogen and oxygen atoms in total. The second kappa shape index (κ2) is 9.19. The van der Waals surface area contributed by atoms with Crippen molar-refractivity contribution < 1.29 is 28.6 Å². The summed E-state index contributed by atoms with van der Waals surface area (Å²) in [4.78, 5) is 35.7. The zero-order valence-electron chi connectivity index (χ0n) is 12.9. The predicted molar refractivity (Wildman–Crippen MR) is 83.4 cm³/mol. The van der Waals surface area contributed by atoms with E-state index in [0.29, 0.717) is 0 Å². The zero-order chi connectivity index (χ0) is 17.2. The summed E-state index contributed by atoms with van der Waals surface area (Å²) in [6.45, 7) is 8.73. The van der Waals surface area contributed by atoms with Gasteiger partial charge in [0.15, 0.2) is 0 Å². The van der Waals surface area contributed by atoms with E-state index in [4.69, 9.17) is 14.2 Å². The lowest BCUT2D eigenvalue weighted by atomic mass is 10.1. The van der Waals surface area contributed by atoms with Crippen LogP contribution in [0.5, 0.6) is 0 Å². The molecule has 0 fully saturated rings. The molecule has 0 spiro atoms. The molecule has 0 radical (unpaired) electrons. The number of hydrogen-bond acceptors (Lipinski definition) is 6. The van der Waals surface area contributed by atoms with Gasteiger partial charge in [-0.3, -0.25) is 0 Å². The van der Waals surface area contributed by atoms with E-state index in [1.54, 1.807) is 6.92 Å². The molecule has 23 heavy (non-hydrogen) atoms. The molecule has 0 N–H and O–H groups in total. The van der Waals surface area contributed by atoms with E-state index >= 15 is 0 Å². The largest absolute Gasteiger partial charge is 0.462 e. The quantitative estimate of drug-likeness (QED) is 0.416. The van der Waals surface area contributed by atoms with Crippen molar-refractivity contribution in [3.63, 3.8) is 0 Å². The fraction of sp³-hybridized carbons (Fsp3) is 0.235. The lowest BCUT2D eigenvalue weighted by Gasteiger charge is -2.09. The molecule has 0 amide bonds. The Hall–Kier alpha value is -2.89. The highest BCUT2D eigenvalue weighted by Gasteiger charge is 2.18. The van der Waals surface area contributed by atoms with Crippen LogP contribution < -0.4 is 0 Å². The number of benzene rings is 1. The number of esters is 3. The molecule has 0 saturated carbocycles. The Labute approximate surface area is 134 Å². The molecule has 0 saturated heterocycles. The molecule has 0 aliphatic rings. The van der Waals surface area contributed by atoms with Crippen molar-refractivity contribution in [1.82, 2.24) is 0 Å². The fourth-order valence-electron chi connectivity index (χ4n) is 1.63. The zero-order valence-corrected chi connectivity index (χ0v) is 12.9. The Bertz CT molecular complexity index is 575. The summed E-state index contributed by atoms with van der Waals surface area (Å²) in [5, 5.41) is 0. The smallest absolute Gasteiger partial charge is 0.338 e. The van der Waals surface area contributed by atoms with Crippen molar-refractivity contribution in [2.24, 2.45) is 0 Å². The number of carbonyl (C=O) groups excluding carboxylic acids is 3. The van der Waals surface area contributed by atoms with E-state index in [1.807, 2.05) is 0 Å². The topological polar surface area (TPSA) is 78.9 Å². The van der Waals surface area contributed by atoms with Crippen LogP contribution in [0.15, 0.2) is 43.5 Å². The second-order valence-corrected chi connectivity index (χ2v) is 4.29. The van der Waals surface area contributed by atoms with E-state index in [-0.39, 0.29) is 36.5 Å². The summed E-state index contributed by atoms with van der Waals surface area (Å²) >= 11 is 0. The maximum absolute atomic E-state index is 11.9. The Morgan fingerprint density at radius 2 is 1.17 bits per heavy atom. The van der Waals surface area contributed by atoms with Gasteiger partial charge >= 0.3 is 17.9 Å². The molecule has 0 bridgehead atoms. The van der Waals surface area contributed by atoms with Gasteiger partial charge in [0.1, 0.15) is 13.2 Å². The highest BCUT2D eigenvalue weighted by molar-refractivity contribution is 6.00. The normalized spacial score (nSPS) is 9.61. The first-order valence-corrected chi connectivity index (χ1v) is 6.91. The molecule has 1 aromatic carbocycles. The number of rotatable bonds is 8. The van der Waals surface area contributed by atoms with Crippen LogP contribution in [0.1, 0.15) is 38.0 Å². The standard InChI is InChI=1S/C17H18O6/c1-4-7-22-16(19)13-9-12(15(18)21-6-3)10-14(11-13)17(20)23-8-5-2/h4-5,9-11H,1-2,6-8H2,3H3. The third-order valence-corrected chi connectivity index (χ3v) is 2.58. The lowest BCUT2D eigenvalue weighted by molar-refractivity contribution is 0.0526. The van der Waals surface area contributed by atoms with Gasteiger partial charge in [-0.1, -0.05) is 25.3 Å². The van der Waals surface area contributed by atoms with Crippen LogP contribution >= 0.6 is 0 Å². The minimum Gasteiger partial charge on any atom is -0.462 e. The number of hydrogen-bond donors (Lipinski definition) is 0. The summed E-state index contributed by atoms with van der Waals surface area (Å²) in [6, 6.07) is 3.89. The van der Waals surface area contributed by atoms with Crippen molar-refractivity contribution in [1.29, 1.82) is 0 Å². The fourth-order valence-corrected chi connectivity index (χ4v) is 1.63. The van der Waals surface area contributed by atoms with Gasteiger partial charge in [0, 0.05) is 0 Å². The Morgan fingerprint density at radius 1 is 0.826 bits per heavy atom. The third-order valence-electron chi connectivity index (χ3n) is 2.58. The monoisotopic (exact) mass is 318 g/mol. The molecule has 0 atom stereocenters. The first-order valence-electron chi connectivity index (χ1n) is 6.91. The van der Waals surface area contributed by atoms with Crippen LogP contribution in [-0.4, -0.2) is 37.7 Å². The third kappa shape index (κ3) is 5.43. The first-order chi connectivity index (χ1) is 11.0. The van der Waals surface area contributed by atoms with Gasteiger partial charge in [-0.2, -0.15) is 0 Å². The van der Waals surface area contributed by atoms with E-state index in [2.05, 4.69) is 13.2 Å². The van der Waals surface area contributed by atoms with Crippen molar-refractivity contribution in [2.75, 3.05) is 19.8 Å². The lowest BCUT2D eigenvalue weighted by Crippen LogP contribution is -2.13. The molecule has 0 unspecified atom stereocenters. The highest BCUT2D eigenvalue weighted by atomic mass is 16.5. The van der Waals surface area contributed by atoms with Crippen molar-refractivity contribution in [2.45, 2.75) is 6.92 Å². The van der Waals surface area contributed by atoms with Gasteiger partial charge < -0.3 is 14.2 Å². The van der Waals surface area contributed by atoms with Crippen LogP contribution in [0.25, 0.3) is 0 Å². The average Bonchev–Trinajstić information content (AvgIpc) is 2.57. The van der Waals surface area contributed by atoms with Gasteiger partial charge in [-0.15, -0.1) is 0 Å². The number of ether oxygens (including phenoxy) is 3. The molecular formula is C17H18O6. The first kappa shape index (κ1) is 18.2. The van der Waals surface area contributed by atoms with Gasteiger partial charge in [0.05, 0.1) is 23.3 Å². The van der Waals surface area contributed by atoms with Gasteiger partial charge in [-0.05, 0) is 25.1 Å². The maximum atomic E-state index is 11.9. The average molecular weight is 318 g/mol. The molecule has 1 rings (SSSR count). The van der Waals surface area contributed by atoms with Gasteiger partial charge in [-0.25, -0.2) is 14.4 Å². The minimum atomic E-state index is -0.686. The SMILES string of the molecule is C=CCOC(=O)c1cc(C(=O)OCC)cc(C(=O)OCC=C)c1. The van der Waals surface area contributed by atoms with Crippen molar-refractivity contribution in [3.8, 4) is 0 Å². The molecular weight excluding hydrogens is 300 g/mol. The molecule has 6 heteroatoms. The number of carbonyl (C=O) groups is 3. The van der Waals surface area contributed by atoms with Gasteiger partial charge in [0.25, 0.3) is 0 Å². The maximum Gasteiger partial charge on any atom is 0.338 e. The molecule has 0 aliphatic heterocycles. The van der Waals surface area contributed by atoms with Crippen LogP contribution in [0, 0.1) is 0 Å². The van der Waals surface area contributed by atoms with E-state index < -0.39 is 17.9 Å². The van der Waals surface area contributed by atoms with E-state index in [9.17, 15) is 14.4 Å². The van der Waals surface area contributed by atoms with Crippen LogP contribution in [-0.2, 0) is 14.2 Å².